The molecule has 44 heavy (non-hydrogen) atoms. The number of amides is 3. The Morgan fingerprint density at radius 3 is 2.14 bits per heavy atom. The molecular weight excluding hydrogens is 560 g/mol. The summed E-state index contributed by atoms with van der Waals surface area (Å²) in [6.07, 6.45) is -1.29. The van der Waals surface area contributed by atoms with Crippen molar-refractivity contribution < 1.29 is 29.3 Å². The fraction of sp³-hybridized carbons (Fsp3) is 0.382. The van der Waals surface area contributed by atoms with Crippen molar-refractivity contribution in [3.8, 4) is 0 Å². The van der Waals surface area contributed by atoms with Crippen LogP contribution in [-0.2, 0) is 33.7 Å². The third-order valence-corrected chi connectivity index (χ3v) is 7.77. The number of carbonyl (C=O) groups is 3. The van der Waals surface area contributed by atoms with Crippen LogP contribution in [0.4, 0.5) is 4.79 Å². The van der Waals surface area contributed by atoms with Gasteiger partial charge in [-0.15, -0.1) is 0 Å². The second-order valence-electron chi connectivity index (χ2n) is 12.4. The van der Waals surface area contributed by atoms with Crippen LogP contribution in [0.5, 0.6) is 0 Å². The van der Waals surface area contributed by atoms with Crippen LogP contribution < -0.4 is 16.1 Å². The van der Waals surface area contributed by atoms with Crippen LogP contribution in [0.25, 0.3) is 0 Å². The average molecular weight is 603 g/mol. The van der Waals surface area contributed by atoms with E-state index in [1.807, 2.05) is 84.9 Å². The molecule has 0 aromatic heterocycles. The Labute approximate surface area is 258 Å². The van der Waals surface area contributed by atoms with Gasteiger partial charge in [0.25, 0.3) is 11.8 Å². The molecule has 1 aliphatic rings. The number of hydrogen-bond acceptors (Lipinski definition) is 7. The highest BCUT2D eigenvalue weighted by atomic mass is 16.5. The highest BCUT2D eigenvalue weighted by molar-refractivity contribution is 5.87. The van der Waals surface area contributed by atoms with E-state index in [1.54, 1.807) is 20.8 Å². The first-order valence-corrected chi connectivity index (χ1v) is 14.7. The van der Waals surface area contributed by atoms with Gasteiger partial charge in [-0.3, -0.25) is 15.0 Å². The highest BCUT2D eigenvalue weighted by Gasteiger charge is 2.43. The van der Waals surface area contributed by atoms with Gasteiger partial charge in [0, 0.05) is 19.4 Å². The number of methoxy groups -OCH3 is 1. The molecule has 10 heteroatoms. The predicted molar refractivity (Wildman–Crippen MR) is 166 cm³/mol. The van der Waals surface area contributed by atoms with Crippen molar-refractivity contribution in [2.24, 2.45) is 5.41 Å². The van der Waals surface area contributed by atoms with E-state index in [-0.39, 0.29) is 19.5 Å². The molecule has 4 atom stereocenters. The first-order chi connectivity index (χ1) is 20.9. The molecule has 1 aliphatic carbocycles. The van der Waals surface area contributed by atoms with E-state index in [0.29, 0.717) is 12.0 Å². The number of rotatable bonds is 11. The van der Waals surface area contributed by atoms with E-state index < -0.39 is 47.1 Å². The molecular formula is C34H42N4O6. The average Bonchev–Trinajstić information content (AvgIpc) is 3.30. The summed E-state index contributed by atoms with van der Waals surface area (Å²) in [5.74, 6) is -1.23. The number of alkyl carbamates (subject to hydrolysis) is 1. The van der Waals surface area contributed by atoms with Gasteiger partial charge in [0.15, 0.2) is 5.60 Å². The van der Waals surface area contributed by atoms with E-state index in [4.69, 9.17) is 4.74 Å². The van der Waals surface area contributed by atoms with E-state index in [0.717, 1.165) is 16.7 Å². The molecule has 0 heterocycles. The van der Waals surface area contributed by atoms with Crippen molar-refractivity contribution in [1.82, 2.24) is 21.1 Å². The zero-order valence-electron chi connectivity index (χ0n) is 25.6. The largest absolute Gasteiger partial charge is 0.453 e. The van der Waals surface area contributed by atoms with Crippen LogP contribution in [0.3, 0.4) is 0 Å². The predicted octanol–water partition coefficient (Wildman–Crippen LogP) is 3.04. The number of nitrogens with zero attached hydrogens (tertiary/aromatic N) is 1. The minimum Gasteiger partial charge on any atom is -0.453 e. The smallest absolute Gasteiger partial charge is 0.407 e. The maximum Gasteiger partial charge on any atom is 0.407 e. The van der Waals surface area contributed by atoms with Crippen molar-refractivity contribution in [2.75, 3.05) is 13.7 Å². The van der Waals surface area contributed by atoms with Gasteiger partial charge in [0.05, 0.1) is 25.8 Å². The first-order valence-electron chi connectivity index (χ1n) is 14.7. The van der Waals surface area contributed by atoms with Crippen molar-refractivity contribution in [3.05, 3.63) is 107 Å². The monoisotopic (exact) mass is 602 g/mol. The molecule has 234 valence electrons. The zero-order valence-corrected chi connectivity index (χ0v) is 25.6. The molecule has 3 amide bonds. The number of hydrogen-bond donors (Lipinski definition) is 5. The van der Waals surface area contributed by atoms with Gasteiger partial charge in [0.2, 0.25) is 0 Å². The Balaban J connectivity index is 1.66. The molecule has 10 nitrogen and oxygen atoms in total. The molecule has 0 radical (unpaired) electrons. The molecule has 0 aliphatic heterocycles. The number of aliphatic hydroxyl groups is 2. The van der Waals surface area contributed by atoms with Crippen LogP contribution in [0.2, 0.25) is 0 Å². The molecule has 0 saturated carbocycles. The van der Waals surface area contributed by atoms with Crippen molar-refractivity contribution >= 4 is 17.9 Å². The number of aliphatic hydroxyl groups excluding tert-OH is 1. The second-order valence-corrected chi connectivity index (χ2v) is 12.4. The highest BCUT2D eigenvalue weighted by Crippen LogP contribution is 2.32. The third-order valence-electron chi connectivity index (χ3n) is 7.77. The molecule has 0 spiro atoms. The minimum atomic E-state index is -2.03. The van der Waals surface area contributed by atoms with E-state index in [9.17, 15) is 24.6 Å². The standard InChI is InChI=1S/C34H42N4O6/c1-33(2,3)29(36-32(42)44-4)30(40)37-38(21-24-15-9-6-10-16-24)22-34(43,20-23-13-7-5-8-14-23)31(41)35-28-26-18-12-11-17-25(26)19-27(28)39/h5-18,27-29,39,43H,19-22H2,1-4H3,(H,35,41)(H,36,42)(H,37,40)/t27-,28?,29-,34+/m1/s1. The molecule has 3 aromatic carbocycles. The number of benzene rings is 3. The first kappa shape index (κ1) is 32.7. The lowest BCUT2D eigenvalue weighted by molar-refractivity contribution is -0.147. The van der Waals surface area contributed by atoms with Gasteiger partial charge in [-0.25, -0.2) is 9.80 Å². The molecule has 3 aromatic rings. The summed E-state index contributed by atoms with van der Waals surface area (Å²) in [6, 6.07) is 24.2. The van der Waals surface area contributed by atoms with E-state index in [2.05, 4.69) is 16.1 Å². The van der Waals surface area contributed by atoms with E-state index >= 15 is 0 Å². The summed E-state index contributed by atoms with van der Waals surface area (Å²) < 4.78 is 4.75. The Bertz CT molecular complexity index is 1430. The summed E-state index contributed by atoms with van der Waals surface area (Å²) in [4.78, 5) is 39.8. The van der Waals surface area contributed by atoms with Gasteiger partial charge in [-0.2, -0.15) is 0 Å². The van der Waals surface area contributed by atoms with Gasteiger partial charge < -0.3 is 25.6 Å². The van der Waals surface area contributed by atoms with Crippen LogP contribution in [0.1, 0.15) is 49.1 Å². The lowest BCUT2D eigenvalue weighted by Crippen LogP contribution is -2.62. The van der Waals surface area contributed by atoms with Gasteiger partial charge in [-0.05, 0) is 27.7 Å². The lowest BCUT2D eigenvalue weighted by Gasteiger charge is -2.37. The Hall–Kier alpha value is -4.25. The summed E-state index contributed by atoms with van der Waals surface area (Å²) in [7, 11) is 1.22. The Morgan fingerprint density at radius 2 is 1.52 bits per heavy atom. The minimum absolute atomic E-state index is 0.0611. The lowest BCUT2D eigenvalue weighted by atomic mass is 9.86. The quantitative estimate of drug-likeness (QED) is 0.213. The van der Waals surface area contributed by atoms with Crippen LogP contribution in [0.15, 0.2) is 84.9 Å². The Kier molecular flexibility index (Phi) is 10.4. The molecule has 1 unspecified atom stereocenters. The summed E-state index contributed by atoms with van der Waals surface area (Å²) >= 11 is 0. The molecule has 0 bridgehead atoms. The van der Waals surface area contributed by atoms with Crippen molar-refractivity contribution in [1.29, 1.82) is 0 Å². The van der Waals surface area contributed by atoms with Crippen LogP contribution >= 0.6 is 0 Å². The number of nitrogens with one attached hydrogen (secondary N) is 3. The summed E-state index contributed by atoms with van der Waals surface area (Å²) in [6.45, 7) is 5.27. The summed E-state index contributed by atoms with van der Waals surface area (Å²) in [5.41, 5.74) is 3.39. The van der Waals surface area contributed by atoms with Crippen LogP contribution in [0, 0.1) is 5.41 Å². The zero-order chi connectivity index (χ0) is 31.9. The topological polar surface area (TPSA) is 140 Å². The normalized spacial score (nSPS) is 18.1. The van der Waals surface area contributed by atoms with Gasteiger partial charge in [0.1, 0.15) is 6.04 Å². The van der Waals surface area contributed by atoms with Crippen LogP contribution in [-0.4, -0.2) is 64.5 Å². The SMILES string of the molecule is COC(=O)N[C@H](C(=O)NN(Cc1ccccc1)C[C@@](O)(Cc1ccccc1)C(=O)NC1c2ccccc2C[C@H]1O)C(C)(C)C. The molecule has 4 rings (SSSR count). The number of carbonyl (C=O) groups excluding carboxylic acids is 3. The third kappa shape index (κ3) is 8.22. The maximum atomic E-state index is 14.0. The van der Waals surface area contributed by atoms with Crippen molar-refractivity contribution in [3.63, 3.8) is 0 Å². The number of fused-ring (bicyclic) bond motifs is 1. The fourth-order valence-electron chi connectivity index (χ4n) is 5.49. The fourth-order valence-corrected chi connectivity index (χ4v) is 5.49. The second kappa shape index (κ2) is 14.0. The van der Waals surface area contributed by atoms with Gasteiger partial charge >= 0.3 is 6.09 Å². The summed E-state index contributed by atoms with van der Waals surface area (Å²) in [5, 5.41) is 30.0. The number of ether oxygens (including phenoxy) is 1. The van der Waals surface area contributed by atoms with Crippen molar-refractivity contribution in [2.45, 2.75) is 63.9 Å². The molecule has 0 saturated heterocycles. The number of hydrazine groups is 1. The van der Waals surface area contributed by atoms with Gasteiger partial charge in [-0.1, -0.05) is 106 Å². The molecule has 0 fully saturated rings. The Morgan fingerprint density at radius 1 is 0.932 bits per heavy atom. The molecule has 5 N–H and O–H groups in total. The van der Waals surface area contributed by atoms with E-state index in [1.165, 1.54) is 12.1 Å². The maximum absolute atomic E-state index is 14.0.